The zero-order valence-corrected chi connectivity index (χ0v) is 15.5. The number of fused-ring (bicyclic) bond motifs is 1. The number of benzene rings is 2. The number of nitrogens with zero attached hydrogens (tertiary/aromatic N) is 3. The number of nitriles is 1. The maximum absolute atomic E-state index is 14.3. The van der Waals surface area contributed by atoms with Crippen LogP contribution in [0.5, 0.6) is 0 Å². The van der Waals surface area contributed by atoms with Crippen molar-refractivity contribution in [2.45, 2.75) is 13.0 Å². The molecule has 2 aromatic rings. The number of carbonyl (C=O) groups excluding carboxylic acids is 2. The van der Waals surface area contributed by atoms with Crippen LogP contribution < -0.4 is 0 Å². The lowest BCUT2D eigenvalue weighted by Gasteiger charge is -2.29. The molecule has 6 heteroatoms. The Hall–Kier alpha value is -3.20. The van der Waals surface area contributed by atoms with Gasteiger partial charge in [-0.25, -0.2) is 4.39 Å². The zero-order chi connectivity index (χ0) is 19.8. The van der Waals surface area contributed by atoms with Crippen molar-refractivity contribution in [2.75, 3.05) is 19.6 Å². The quantitative estimate of drug-likeness (QED) is 0.808. The van der Waals surface area contributed by atoms with E-state index < -0.39 is 5.82 Å². The van der Waals surface area contributed by atoms with Gasteiger partial charge in [-0.3, -0.25) is 9.59 Å². The highest BCUT2D eigenvalue weighted by molar-refractivity contribution is 5.95. The number of rotatable bonds is 2. The summed E-state index contributed by atoms with van der Waals surface area (Å²) < 4.78 is 14.3. The Bertz CT molecular complexity index is 969. The maximum atomic E-state index is 14.3. The lowest BCUT2D eigenvalue weighted by Crippen LogP contribution is -2.36. The Morgan fingerprint density at radius 3 is 2.50 bits per heavy atom. The summed E-state index contributed by atoms with van der Waals surface area (Å²) in [6, 6.07) is 15.6. The summed E-state index contributed by atoms with van der Waals surface area (Å²) >= 11 is 0. The lowest BCUT2D eigenvalue weighted by molar-refractivity contribution is -0.130. The first-order chi connectivity index (χ1) is 13.5. The van der Waals surface area contributed by atoms with Crippen molar-refractivity contribution in [2.24, 2.45) is 11.8 Å². The van der Waals surface area contributed by atoms with E-state index in [0.29, 0.717) is 19.6 Å². The van der Waals surface area contributed by atoms with Gasteiger partial charge in [0, 0.05) is 38.4 Å². The van der Waals surface area contributed by atoms with Crippen molar-refractivity contribution in [3.8, 4) is 6.07 Å². The standard InChI is InChI=1S/C22H20FN3O2/c1-14(27)26-12-17-11-25(13-19(17)21(26)16-5-3-2-4-6-16)22(28)18-8-7-15(10-24)9-20(18)23/h2-9,17,19,21H,11-13H2,1H3/t17-,19-,21+/m1/s1. The molecule has 0 aromatic heterocycles. The minimum absolute atomic E-state index is 0.0151. The van der Waals surface area contributed by atoms with Gasteiger partial charge in [-0.05, 0) is 23.8 Å². The van der Waals surface area contributed by atoms with Gasteiger partial charge in [0.25, 0.3) is 5.91 Å². The van der Waals surface area contributed by atoms with Crippen LogP contribution in [0, 0.1) is 29.0 Å². The normalized spacial score (nSPS) is 23.4. The van der Waals surface area contributed by atoms with Crippen molar-refractivity contribution in [1.82, 2.24) is 9.80 Å². The van der Waals surface area contributed by atoms with Crippen LogP contribution in [0.25, 0.3) is 0 Å². The Kier molecular flexibility index (Phi) is 4.60. The molecule has 0 aliphatic carbocycles. The van der Waals surface area contributed by atoms with E-state index in [1.807, 2.05) is 41.3 Å². The van der Waals surface area contributed by atoms with Crippen LogP contribution in [-0.2, 0) is 4.79 Å². The first-order valence-electron chi connectivity index (χ1n) is 9.30. The van der Waals surface area contributed by atoms with Crippen molar-refractivity contribution in [1.29, 1.82) is 5.26 Å². The second-order valence-corrected chi connectivity index (χ2v) is 7.47. The molecule has 0 radical (unpaired) electrons. The monoisotopic (exact) mass is 377 g/mol. The molecule has 5 nitrogen and oxygen atoms in total. The number of carbonyl (C=O) groups is 2. The first-order valence-corrected chi connectivity index (χ1v) is 9.30. The highest BCUT2D eigenvalue weighted by atomic mass is 19.1. The van der Waals surface area contributed by atoms with E-state index in [0.717, 1.165) is 11.6 Å². The zero-order valence-electron chi connectivity index (χ0n) is 15.5. The number of hydrogen-bond acceptors (Lipinski definition) is 3. The van der Waals surface area contributed by atoms with Gasteiger partial charge in [-0.15, -0.1) is 0 Å². The summed E-state index contributed by atoms with van der Waals surface area (Å²) in [6.07, 6.45) is 0. The molecule has 0 N–H and O–H groups in total. The van der Waals surface area contributed by atoms with Gasteiger partial charge in [0.05, 0.1) is 23.2 Å². The topological polar surface area (TPSA) is 64.4 Å². The molecule has 2 fully saturated rings. The van der Waals surface area contributed by atoms with Gasteiger partial charge >= 0.3 is 0 Å². The first kappa shape index (κ1) is 18.2. The summed E-state index contributed by atoms with van der Waals surface area (Å²) in [4.78, 5) is 28.6. The van der Waals surface area contributed by atoms with Crippen LogP contribution in [0.3, 0.4) is 0 Å². The molecule has 0 saturated carbocycles. The number of likely N-dealkylation sites (tertiary alicyclic amines) is 2. The fourth-order valence-corrected chi connectivity index (χ4v) is 4.54. The molecule has 2 amide bonds. The molecule has 4 rings (SSSR count). The van der Waals surface area contributed by atoms with Crippen molar-refractivity contribution in [3.05, 3.63) is 71.0 Å². The van der Waals surface area contributed by atoms with Crippen LogP contribution in [0.4, 0.5) is 4.39 Å². The Balaban J connectivity index is 1.59. The van der Waals surface area contributed by atoms with Crippen LogP contribution >= 0.6 is 0 Å². The second-order valence-electron chi connectivity index (χ2n) is 7.47. The van der Waals surface area contributed by atoms with Crippen LogP contribution in [-0.4, -0.2) is 41.2 Å². The molecule has 2 heterocycles. The van der Waals surface area contributed by atoms with Crippen LogP contribution in [0.1, 0.15) is 34.5 Å². The lowest BCUT2D eigenvalue weighted by atomic mass is 9.89. The summed E-state index contributed by atoms with van der Waals surface area (Å²) in [7, 11) is 0. The number of amides is 2. The molecule has 0 unspecified atom stereocenters. The fourth-order valence-electron chi connectivity index (χ4n) is 4.54. The summed E-state index contributed by atoms with van der Waals surface area (Å²) in [6.45, 7) is 3.15. The van der Waals surface area contributed by atoms with Gasteiger partial charge in [0.15, 0.2) is 0 Å². The van der Waals surface area contributed by atoms with E-state index in [2.05, 4.69) is 0 Å². The summed E-state index contributed by atoms with van der Waals surface area (Å²) in [5, 5.41) is 8.87. The van der Waals surface area contributed by atoms with E-state index >= 15 is 0 Å². The summed E-state index contributed by atoms with van der Waals surface area (Å²) in [5.41, 5.74) is 1.23. The number of halogens is 1. The predicted molar refractivity (Wildman–Crippen MR) is 101 cm³/mol. The molecule has 2 aliphatic heterocycles. The second kappa shape index (κ2) is 7.08. The average Bonchev–Trinajstić information content (AvgIpc) is 3.26. The average molecular weight is 377 g/mol. The van der Waals surface area contributed by atoms with E-state index in [-0.39, 0.29) is 40.8 Å². The van der Waals surface area contributed by atoms with Crippen LogP contribution in [0.15, 0.2) is 48.5 Å². The molecule has 2 saturated heterocycles. The highest BCUT2D eigenvalue weighted by Gasteiger charge is 2.49. The molecular weight excluding hydrogens is 357 g/mol. The van der Waals surface area contributed by atoms with Gasteiger partial charge in [0.2, 0.25) is 5.91 Å². The smallest absolute Gasteiger partial charge is 0.256 e. The molecule has 2 aromatic carbocycles. The molecule has 142 valence electrons. The van der Waals surface area contributed by atoms with Crippen molar-refractivity contribution < 1.29 is 14.0 Å². The SMILES string of the molecule is CC(=O)N1C[C@H]2CN(C(=O)c3ccc(C#N)cc3F)C[C@H]2[C@@H]1c1ccccc1. The Labute approximate surface area is 163 Å². The largest absolute Gasteiger partial charge is 0.338 e. The maximum Gasteiger partial charge on any atom is 0.256 e. The van der Waals surface area contributed by atoms with E-state index in [1.165, 1.54) is 12.1 Å². The highest BCUT2D eigenvalue weighted by Crippen LogP contribution is 2.45. The Morgan fingerprint density at radius 1 is 1.11 bits per heavy atom. The molecule has 3 atom stereocenters. The third-order valence-corrected chi connectivity index (χ3v) is 5.83. The molecular formula is C22H20FN3O2. The van der Waals surface area contributed by atoms with E-state index in [1.54, 1.807) is 11.8 Å². The molecule has 0 spiro atoms. The van der Waals surface area contributed by atoms with Crippen LogP contribution in [0.2, 0.25) is 0 Å². The molecule has 28 heavy (non-hydrogen) atoms. The van der Waals surface area contributed by atoms with Crippen molar-refractivity contribution in [3.63, 3.8) is 0 Å². The van der Waals surface area contributed by atoms with Gasteiger partial charge in [0.1, 0.15) is 5.82 Å². The van der Waals surface area contributed by atoms with E-state index in [4.69, 9.17) is 5.26 Å². The Morgan fingerprint density at radius 2 is 1.86 bits per heavy atom. The van der Waals surface area contributed by atoms with Gasteiger partial charge in [-0.1, -0.05) is 30.3 Å². The number of hydrogen-bond donors (Lipinski definition) is 0. The van der Waals surface area contributed by atoms with Gasteiger partial charge < -0.3 is 9.80 Å². The molecule has 2 aliphatic rings. The third-order valence-electron chi connectivity index (χ3n) is 5.83. The van der Waals surface area contributed by atoms with Gasteiger partial charge in [-0.2, -0.15) is 5.26 Å². The third kappa shape index (κ3) is 3.03. The molecule has 0 bridgehead atoms. The van der Waals surface area contributed by atoms with Crippen molar-refractivity contribution >= 4 is 11.8 Å². The summed E-state index contributed by atoms with van der Waals surface area (Å²) in [5.74, 6) is -0.723. The van der Waals surface area contributed by atoms with E-state index in [9.17, 15) is 14.0 Å². The predicted octanol–water partition coefficient (Wildman–Crippen LogP) is 2.99. The minimum atomic E-state index is -0.675. The fraction of sp³-hybridized carbons (Fsp3) is 0.318. The minimum Gasteiger partial charge on any atom is -0.338 e.